The summed E-state index contributed by atoms with van der Waals surface area (Å²) in [6.07, 6.45) is -0.190. The summed E-state index contributed by atoms with van der Waals surface area (Å²) in [5.41, 5.74) is 0. The van der Waals surface area contributed by atoms with Crippen molar-refractivity contribution in [1.29, 1.82) is 0 Å². The van der Waals surface area contributed by atoms with Crippen molar-refractivity contribution in [3.05, 3.63) is 0 Å². The number of aliphatic hydroxyl groups is 1. The zero-order valence-electron chi connectivity index (χ0n) is 9.11. The Bertz CT molecular complexity index is 146. The summed E-state index contributed by atoms with van der Waals surface area (Å²) in [7, 11) is 0. The summed E-state index contributed by atoms with van der Waals surface area (Å²) in [5.74, 6) is 0. The van der Waals surface area contributed by atoms with Crippen molar-refractivity contribution < 1.29 is 14.6 Å². The molecule has 4 nitrogen and oxygen atoms in total. The molecule has 1 N–H and O–H groups in total. The van der Waals surface area contributed by atoms with Crippen molar-refractivity contribution in [2.24, 2.45) is 0 Å². The molecule has 0 aromatic carbocycles. The first-order chi connectivity index (χ1) is 6.68. The van der Waals surface area contributed by atoms with Crippen LogP contribution in [0.1, 0.15) is 13.8 Å². The summed E-state index contributed by atoms with van der Waals surface area (Å²) in [6.45, 7) is 8.45. The van der Waals surface area contributed by atoms with E-state index in [2.05, 4.69) is 4.90 Å². The number of nitrogens with zero attached hydrogens (tertiary/aromatic N) is 1. The van der Waals surface area contributed by atoms with Gasteiger partial charge in [-0.3, -0.25) is 4.90 Å². The highest BCUT2D eigenvalue weighted by molar-refractivity contribution is 4.67. The molecule has 4 heteroatoms. The van der Waals surface area contributed by atoms with Gasteiger partial charge in [0.05, 0.1) is 32.0 Å². The van der Waals surface area contributed by atoms with Crippen molar-refractivity contribution >= 4 is 0 Å². The van der Waals surface area contributed by atoms with Gasteiger partial charge in [0.2, 0.25) is 0 Å². The largest absolute Gasteiger partial charge is 0.389 e. The maximum absolute atomic E-state index is 9.64. The average Bonchev–Trinajstić information content (AvgIpc) is 2.16. The Morgan fingerprint density at radius 1 is 1.36 bits per heavy atom. The third-order valence-corrected chi connectivity index (χ3v) is 2.19. The van der Waals surface area contributed by atoms with Gasteiger partial charge in [-0.15, -0.1) is 0 Å². The SMILES string of the molecule is CC(C)OCC(O)CN1CCOCC1. The fraction of sp³-hybridized carbons (Fsp3) is 1.00. The van der Waals surface area contributed by atoms with Gasteiger partial charge < -0.3 is 14.6 Å². The van der Waals surface area contributed by atoms with E-state index in [1.807, 2.05) is 13.8 Å². The molecule has 0 saturated carbocycles. The van der Waals surface area contributed by atoms with E-state index in [4.69, 9.17) is 9.47 Å². The Labute approximate surface area is 85.8 Å². The van der Waals surface area contributed by atoms with Crippen LogP contribution in [-0.2, 0) is 9.47 Å². The zero-order chi connectivity index (χ0) is 10.4. The highest BCUT2D eigenvalue weighted by atomic mass is 16.5. The first-order valence-electron chi connectivity index (χ1n) is 5.28. The van der Waals surface area contributed by atoms with E-state index >= 15 is 0 Å². The molecule has 0 aromatic rings. The number of β-amino-alcohol motifs (C(OH)–C–C–N with tert-alkyl or cyclic N) is 1. The van der Waals surface area contributed by atoms with Crippen LogP contribution in [-0.4, -0.2) is 61.7 Å². The predicted octanol–water partition coefficient (Wildman–Crippen LogP) is 0.104. The fourth-order valence-electron chi connectivity index (χ4n) is 1.44. The Kier molecular flexibility index (Phi) is 5.40. The first kappa shape index (κ1) is 11.9. The summed E-state index contributed by atoms with van der Waals surface area (Å²) in [5, 5.41) is 9.64. The number of hydrogen-bond donors (Lipinski definition) is 1. The summed E-state index contributed by atoms with van der Waals surface area (Å²) >= 11 is 0. The minimum Gasteiger partial charge on any atom is -0.389 e. The van der Waals surface area contributed by atoms with Gasteiger partial charge in [-0.05, 0) is 13.8 Å². The van der Waals surface area contributed by atoms with Gasteiger partial charge in [0.25, 0.3) is 0 Å². The molecule has 0 bridgehead atoms. The molecule has 0 aliphatic carbocycles. The van der Waals surface area contributed by atoms with E-state index in [0.29, 0.717) is 13.2 Å². The van der Waals surface area contributed by atoms with Crippen molar-refractivity contribution in [3.8, 4) is 0 Å². The average molecular weight is 203 g/mol. The molecule has 1 heterocycles. The standard InChI is InChI=1S/C10H21NO3/c1-9(2)14-8-10(12)7-11-3-5-13-6-4-11/h9-10,12H,3-8H2,1-2H3. The quantitative estimate of drug-likeness (QED) is 0.688. The second-order valence-corrected chi connectivity index (χ2v) is 3.95. The maximum atomic E-state index is 9.64. The number of aliphatic hydroxyl groups excluding tert-OH is 1. The van der Waals surface area contributed by atoms with Crippen LogP contribution in [0.25, 0.3) is 0 Å². The molecule has 0 spiro atoms. The Hall–Kier alpha value is -0.160. The molecule has 1 unspecified atom stereocenters. The third-order valence-electron chi connectivity index (χ3n) is 2.19. The smallest absolute Gasteiger partial charge is 0.0900 e. The lowest BCUT2D eigenvalue weighted by molar-refractivity contribution is -0.0278. The van der Waals surface area contributed by atoms with Crippen LogP contribution in [0.15, 0.2) is 0 Å². The van der Waals surface area contributed by atoms with Gasteiger partial charge in [0, 0.05) is 19.6 Å². The lowest BCUT2D eigenvalue weighted by Crippen LogP contribution is -2.42. The van der Waals surface area contributed by atoms with Crippen LogP contribution in [0, 0.1) is 0 Å². The van der Waals surface area contributed by atoms with Gasteiger partial charge >= 0.3 is 0 Å². The summed E-state index contributed by atoms with van der Waals surface area (Å²) in [4.78, 5) is 2.21. The van der Waals surface area contributed by atoms with E-state index in [1.54, 1.807) is 0 Å². The lowest BCUT2D eigenvalue weighted by Gasteiger charge is -2.28. The molecular formula is C10H21NO3. The van der Waals surface area contributed by atoms with Crippen LogP contribution in [0.2, 0.25) is 0 Å². The Morgan fingerprint density at radius 2 is 2.00 bits per heavy atom. The molecule has 1 saturated heterocycles. The number of rotatable bonds is 5. The van der Waals surface area contributed by atoms with Crippen LogP contribution in [0.4, 0.5) is 0 Å². The fourth-order valence-corrected chi connectivity index (χ4v) is 1.44. The van der Waals surface area contributed by atoms with Crippen molar-refractivity contribution in [2.75, 3.05) is 39.5 Å². The Morgan fingerprint density at radius 3 is 2.57 bits per heavy atom. The molecule has 1 rings (SSSR count). The molecular weight excluding hydrogens is 182 g/mol. The van der Waals surface area contributed by atoms with Crippen LogP contribution in [0.5, 0.6) is 0 Å². The lowest BCUT2D eigenvalue weighted by atomic mass is 10.3. The normalized spacial score (nSPS) is 21.4. The van der Waals surface area contributed by atoms with Gasteiger partial charge in [0.15, 0.2) is 0 Å². The zero-order valence-corrected chi connectivity index (χ0v) is 9.11. The number of morpholine rings is 1. The van der Waals surface area contributed by atoms with Crippen molar-refractivity contribution in [2.45, 2.75) is 26.1 Å². The third kappa shape index (κ3) is 4.91. The minimum atomic E-state index is -0.379. The second kappa shape index (κ2) is 6.35. The van der Waals surface area contributed by atoms with Crippen LogP contribution in [0.3, 0.4) is 0 Å². The molecule has 14 heavy (non-hydrogen) atoms. The van der Waals surface area contributed by atoms with Crippen molar-refractivity contribution in [1.82, 2.24) is 4.90 Å². The van der Waals surface area contributed by atoms with E-state index in [-0.39, 0.29) is 12.2 Å². The molecule has 0 radical (unpaired) electrons. The molecule has 84 valence electrons. The maximum Gasteiger partial charge on any atom is 0.0900 e. The van der Waals surface area contributed by atoms with Gasteiger partial charge in [0.1, 0.15) is 0 Å². The van der Waals surface area contributed by atoms with Gasteiger partial charge in [-0.1, -0.05) is 0 Å². The van der Waals surface area contributed by atoms with E-state index in [0.717, 1.165) is 26.3 Å². The summed E-state index contributed by atoms with van der Waals surface area (Å²) < 4.78 is 10.6. The van der Waals surface area contributed by atoms with Crippen LogP contribution >= 0.6 is 0 Å². The van der Waals surface area contributed by atoms with E-state index in [9.17, 15) is 5.11 Å². The van der Waals surface area contributed by atoms with Crippen LogP contribution < -0.4 is 0 Å². The topological polar surface area (TPSA) is 41.9 Å². The number of ether oxygens (including phenoxy) is 2. The minimum absolute atomic E-state index is 0.189. The molecule has 1 atom stereocenters. The first-order valence-corrected chi connectivity index (χ1v) is 5.28. The molecule has 0 aromatic heterocycles. The highest BCUT2D eigenvalue weighted by Gasteiger charge is 2.14. The molecule has 0 amide bonds. The number of hydrogen-bond acceptors (Lipinski definition) is 4. The van der Waals surface area contributed by atoms with E-state index in [1.165, 1.54) is 0 Å². The van der Waals surface area contributed by atoms with Crippen molar-refractivity contribution in [3.63, 3.8) is 0 Å². The van der Waals surface area contributed by atoms with Gasteiger partial charge in [-0.25, -0.2) is 0 Å². The summed E-state index contributed by atoms with van der Waals surface area (Å²) in [6, 6.07) is 0. The molecule has 1 aliphatic heterocycles. The second-order valence-electron chi connectivity index (χ2n) is 3.95. The van der Waals surface area contributed by atoms with E-state index < -0.39 is 0 Å². The predicted molar refractivity (Wildman–Crippen MR) is 54.4 cm³/mol. The highest BCUT2D eigenvalue weighted by Crippen LogP contribution is 2.00. The monoisotopic (exact) mass is 203 g/mol. The van der Waals surface area contributed by atoms with Gasteiger partial charge in [-0.2, -0.15) is 0 Å². The molecule has 1 aliphatic rings. The Balaban J connectivity index is 2.09. The molecule has 1 fully saturated rings.